The van der Waals surface area contributed by atoms with E-state index in [0.717, 1.165) is 22.7 Å². The summed E-state index contributed by atoms with van der Waals surface area (Å²) in [4.78, 5) is 11.9. The summed E-state index contributed by atoms with van der Waals surface area (Å²) in [5.74, 6) is 0.590. The van der Waals surface area contributed by atoms with E-state index in [1.54, 1.807) is 7.11 Å². The van der Waals surface area contributed by atoms with Gasteiger partial charge in [0.25, 0.3) is 5.91 Å². The molecule has 2 N–H and O–H groups in total. The predicted octanol–water partition coefficient (Wildman–Crippen LogP) is 3.56. The quantitative estimate of drug-likeness (QED) is 0.413. The lowest BCUT2D eigenvalue weighted by atomic mass is 10.1. The number of amides is 1. The molecule has 0 fully saturated rings. The molecule has 2 aromatic carbocycles. The van der Waals surface area contributed by atoms with Crippen molar-refractivity contribution in [3.8, 4) is 5.75 Å². The van der Waals surface area contributed by atoms with Crippen LogP contribution in [-0.4, -0.2) is 25.3 Å². The van der Waals surface area contributed by atoms with Crippen molar-refractivity contribution in [3.63, 3.8) is 0 Å². The van der Waals surface area contributed by atoms with E-state index >= 15 is 0 Å². The molecule has 0 spiro atoms. The first kappa shape index (κ1) is 18.3. The average molecular weight is 437 g/mol. The zero-order chi connectivity index (χ0) is 17.5. The molecule has 24 heavy (non-hydrogen) atoms. The summed E-state index contributed by atoms with van der Waals surface area (Å²) in [5.41, 5.74) is 6.31. The van der Waals surface area contributed by atoms with Crippen LogP contribution in [0, 0.1) is 10.5 Å². The largest absolute Gasteiger partial charge is 0.497 e. The number of aryl methyl sites for hydroxylation is 1. The van der Waals surface area contributed by atoms with E-state index in [9.17, 15) is 4.79 Å². The average Bonchev–Trinajstić information content (AvgIpc) is 2.60. The Morgan fingerprint density at radius 2 is 1.92 bits per heavy atom. The minimum absolute atomic E-state index is 0.166. The van der Waals surface area contributed by atoms with Gasteiger partial charge in [0.15, 0.2) is 0 Å². The molecule has 0 unspecified atom stereocenters. The van der Waals surface area contributed by atoms with E-state index in [1.807, 2.05) is 56.3 Å². The number of hydrogen-bond donors (Lipinski definition) is 2. The fourth-order valence-corrected chi connectivity index (χ4v) is 2.35. The number of carbonyl (C=O) groups is 1. The van der Waals surface area contributed by atoms with Crippen molar-refractivity contribution in [1.29, 1.82) is 0 Å². The molecule has 6 heteroatoms. The van der Waals surface area contributed by atoms with Crippen LogP contribution >= 0.6 is 22.6 Å². The van der Waals surface area contributed by atoms with Crippen LogP contribution in [0.5, 0.6) is 5.75 Å². The Hall–Kier alpha value is -2.09. The Labute approximate surface area is 155 Å². The number of rotatable bonds is 6. The molecule has 0 radical (unpaired) electrons. The van der Waals surface area contributed by atoms with Gasteiger partial charge in [0.05, 0.1) is 19.4 Å². The summed E-state index contributed by atoms with van der Waals surface area (Å²) < 4.78 is 6.32. The second-order valence-corrected chi connectivity index (χ2v) is 6.44. The van der Waals surface area contributed by atoms with Gasteiger partial charge in [0, 0.05) is 9.26 Å². The van der Waals surface area contributed by atoms with Gasteiger partial charge in [-0.3, -0.25) is 4.79 Å². The maximum Gasteiger partial charge on any atom is 0.259 e. The van der Waals surface area contributed by atoms with Crippen LogP contribution in [0.2, 0.25) is 0 Å². The molecule has 2 rings (SSSR count). The Morgan fingerprint density at radius 3 is 2.54 bits per heavy atom. The summed E-state index contributed by atoms with van der Waals surface area (Å²) >= 11 is 2.28. The van der Waals surface area contributed by atoms with Crippen molar-refractivity contribution < 1.29 is 9.53 Å². The zero-order valence-electron chi connectivity index (χ0n) is 13.9. The monoisotopic (exact) mass is 437 g/mol. The standard InChI is InChI=1S/C18H20IN3O2/c1-12-10-15(6-9-17(12)19)20-11-18(23)22-21-13(2)14-4-7-16(24-3)8-5-14/h4-10,20H,11H2,1-3H3,(H,22,23)/b21-13-. The molecule has 0 aliphatic heterocycles. The number of halogens is 1. The van der Waals surface area contributed by atoms with Crippen LogP contribution in [0.1, 0.15) is 18.1 Å². The van der Waals surface area contributed by atoms with Crippen molar-refractivity contribution in [2.24, 2.45) is 5.10 Å². The van der Waals surface area contributed by atoms with E-state index in [4.69, 9.17) is 4.74 Å². The summed E-state index contributed by atoms with van der Waals surface area (Å²) in [7, 11) is 1.62. The third kappa shape index (κ3) is 5.23. The first-order valence-corrected chi connectivity index (χ1v) is 8.55. The second kappa shape index (κ2) is 8.68. The number of methoxy groups -OCH3 is 1. The number of anilines is 1. The maximum absolute atomic E-state index is 11.9. The van der Waals surface area contributed by atoms with E-state index in [2.05, 4.69) is 38.4 Å². The van der Waals surface area contributed by atoms with Gasteiger partial charge in [-0.2, -0.15) is 5.10 Å². The highest BCUT2D eigenvalue weighted by molar-refractivity contribution is 14.1. The summed E-state index contributed by atoms with van der Waals surface area (Å²) in [6, 6.07) is 13.5. The van der Waals surface area contributed by atoms with Crippen LogP contribution in [0.3, 0.4) is 0 Å². The van der Waals surface area contributed by atoms with Gasteiger partial charge in [-0.1, -0.05) is 0 Å². The highest BCUT2D eigenvalue weighted by Gasteiger charge is 2.03. The molecule has 0 bridgehead atoms. The molecule has 2 aromatic rings. The topological polar surface area (TPSA) is 62.7 Å². The van der Waals surface area contributed by atoms with Crippen molar-refractivity contribution in [3.05, 3.63) is 57.2 Å². The van der Waals surface area contributed by atoms with Gasteiger partial charge < -0.3 is 10.1 Å². The number of ether oxygens (including phenoxy) is 1. The zero-order valence-corrected chi connectivity index (χ0v) is 16.0. The highest BCUT2D eigenvalue weighted by atomic mass is 127. The van der Waals surface area contributed by atoms with Gasteiger partial charge in [-0.25, -0.2) is 5.43 Å². The Morgan fingerprint density at radius 1 is 1.21 bits per heavy atom. The molecular weight excluding hydrogens is 417 g/mol. The molecular formula is C18H20IN3O2. The fourth-order valence-electron chi connectivity index (χ4n) is 2.02. The van der Waals surface area contributed by atoms with E-state index in [-0.39, 0.29) is 12.5 Å². The predicted molar refractivity (Wildman–Crippen MR) is 106 cm³/mol. The molecule has 0 saturated carbocycles. The molecule has 0 aromatic heterocycles. The SMILES string of the molecule is COc1ccc(/C(C)=N\NC(=O)CNc2ccc(I)c(C)c2)cc1. The fraction of sp³-hybridized carbons (Fsp3) is 0.222. The molecule has 0 aliphatic rings. The number of benzene rings is 2. The van der Waals surface area contributed by atoms with Crippen molar-refractivity contribution in [2.75, 3.05) is 19.0 Å². The Bertz CT molecular complexity index is 742. The smallest absolute Gasteiger partial charge is 0.259 e. The number of hydrogen-bond acceptors (Lipinski definition) is 4. The van der Waals surface area contributed by atoms with Gasteiger partial charge in [0.1, 0.15) is 5.75 Å². The molecule has 126 valence electrons. The molecule has 5 nitrogen and oxygen atoms in total. The lowest BCUT2D eigenvalue weighted by Crippen LogP contribution is -2.26. The third-order valence-electron chi connectivity index (χ3n) is 3.47. The highest BCUT2D eigenvalue weighted by Crippen LogP contribution is 2.16. The molecule has 0 heterocycles. The summed E-state index contributed by atoms with van der Waals surface area (Å²) in [6.07, 6.45) is 0. The van der Waals surface area contributed by atoms with E-state index < -0.39 is 0 Å². The molecule has 1 amide bonds. The van der Waals surface area contributed by atoms with Gasteiger partial charge in [-0.05, 0) is 90.0 Å². The third-order valence-corrected chi connectivity index (χ3v) is 4.68. The van der Waals surface area contributed by atoms with E-state index in [1.165, 1.54) is 9.13 Å². The van der Waals surface area contributed by atoms with Crippen LogP contribution < -0.4 is 15.5 Å². The molecule has 0 saturated heterocycles. The number of carbonyl (C=O) groups excluding carboxylic acids is 1. The van der Waals surface area contributed by atoms with Crippen molar-refractivity contribution in [1.82, 2.24) is 5.43 Å². The van der Waals surface area contributed by atoms with Crippen LogP contribution in [0.15, 0.2) is 47.6 Å². The molecule has 0 atom stereocenters. The Kier molecular flexibility index (Phi) is 6.60. The first-order chi connectivity index (χ1) is 11.5. The van der Waals surface area contributed by atoms with Crippen LogP contribution in [0.25, 0.3) is 0 Å². The summed E-state index contributed by atoms with van der Waals surface area (Å²) in [6.45, 7) is 4.05. The van der Waals surface area contributed by atoms with Crippen molar-refractivity contribution >= 4 is 39.9 Å². The van der Waals surface area contributed by atoms with Crippen LogP contribution in [-0.2, 0) is 4.79 Å². The number of hydrazone groups is 1. The minimum atomic E-state index is -0.195. The normalized spacial score (nSPS) is 11.1. The number of nitrogens with one attached hydrogen (secondary N) is 2. The van der Waals surface area contributed by atoms with Crippen LogP contribution in [0.4, 0.5) is 5.69 Å². The second-order valence-electron chi connectivity index (χ2n) is 5.28. The lowest BCUT2D eigenvalue weighted by Gasteiger charge is -2.08. The van der Waals surface area contributed by atoms with Gasteiger partial charge >= 0.3 is 0 Å². The minimum Gasteiger partial charge on any atom is -0.497 e. The van der Waals surface area contributed by atoms with E-state index in [0.29, 0.717) is 0 Å². The van der Waals surface area contributed by atoms with Gasteiger partial charge in [0.2, 0.25) is 0 Å². The first-order valence-electron chi connectivity index (χ1n) is 7.47. The Balaban J connectivity index is 1.87. The summed E-state index contributed by atoms with van der Waals surface area (Å²) in [5, 5.41) is 7.22. The van der Waals surface area contributed by atoms with Crippen molar-refractivity contribution in [2.45, 2.75) is 13.8 Å². The number of nitrogens with zero attached hydrogens (tertiary/aromatic N) is 1. The van der Waals surface area contributed by atoms with Gasteiger partial charge in [-0.15, -0.1) is 0 Å². The lowest BCUT2D eigenvalue weighted by molar-refractivity contribution is -0.119. The maximum atomic E-state index is 11.9. The molecule has 0 aliphatic carbocycles.